The summed E-state index contributed by atoms with van der Waals surface area (Å²) in [5.74, 6) is 0.325. The third kappa shape index (κ3) is 3.04. The molecule has 0 bridgehead atoms. The van der Waals surface area contributed by atoms with Crippen LogP contribution in [0.2, 0.25) is 0 Å². The third-order valence-corrected chi connectivity index (χ3v) is 7.32. The van der Waals surface area contributed by atoms with Crippen molar-refractivity contribution in [2.45, 2.75) is 26.3 Å². The van der Waals surface area contributed by atoms with E-state index in [9.17, 15) is 8.42 Å². The van der Waals surface area contributed by atoms with Crippen LogP contribution in [0, 0.1) is 13.8 Å². The lowest BCUT2D eigenvalue weighted by molar-refractivity contribution is 0.509. The molecule has 1 saturated heterocycles. The quantitative estimate of drug-likeness (QED) is 0.561. The monoisotopic (exact) mass is 407 g/mol. The minimum atomic E-state index is -3.01. The highest BCUT2D eigenvalue weighted by molar-refractivity contribution is 7.91. The second-order valence-corrected chi connectivity index (χ2v) is 9.86. The molecule has 1 atom stereocenters. The number of nitrogens with one attached hydrogen (secondary N) is 1. The molecule has 1 aliphatic rings. The fourth-order valence-corrected chi connectivity index (χ4v) is 5.89. The molecule has 0 radical (unpaired) electrons. The van der Waals surface area contributed by atoms with Crippen molar-refractivity contribution in [1.29, 1.82) is 0 Å². The van der Waals surface area contributed by atoms with E-state index in [0.717, 1.165) is 44.8 Å². The number of aryl methyl sites for hydroxylation is 2. The number of benzene rings is 1. The molecule has 1 unspecified atom stereocenters. The maximum absolute atomic E-state index is 12.0. The van der Waals surface area contributed by atoms with Crippen molar-refractivity contribution in [3.63, 3.8) is 0 Å². The van der Waals surface area contributed by atoms with Gasteiger partial charge in [-0.2, -0.15) is 10.2 Å². The van der Waals surface area contributed by atoms with E-state index in [1.807, 2.05) is 54.9 Å². The van der Waals surface area contributed by atoms with E-state index < -0.39 is 9.84 Å². The number of rotatable bonds is 3. The largest absolute Gasteiger partial charge is 0.277 e. The van der Waals surface area contributed by atoms with Crippen LogP contribution >= 0.6 is 0 Å². The van der Waals surface area contributed by atoms with Gasteiger partial charge in [-0.25, -0.2) is 18.1 Å². The Hall–Kier alpha value is -3.00. The summed E-state index contributed by atoms with van der Waals surface area (Å²) in [6, 6.07) is 11.9. The molecule has 4 heterocycles. The first-order valence-corrected chi connectivity index (χ1v) is 11.4. The number of sulfone groups is 1. The first-order valence-electron chi connectivity index (χ1n) is 9.59. The van der Waals surface area contributed by atoms with Crippen LogP contribution in [0.5, 0.6) is 0 Å². The van der Waals surface area contributed by atoms with Crippen molar-refractivity contribution >= 4 is 20.9 Å². The molecule has 1 fully saturated rings. The Labute approximate surface area is 168 Å². The average molecular weight is 407 g/mol. The number of fused-ring (bicyclic) bond motifs is 1. The van der Waals surface area contributed by atoms with Crippen LogP contribution in [0.15, 0.2) is 42.6 Å². The molecule has 8 heteroatoms. The van der Waals surface area contributed by atoms with Gasteiger partial charge in [0.2, 0.25) is 0 Å². The van der Waals surface area contributed by atoms with Crippen LogP contribution in [-0.2, 0) is 9.84 Å². The van der Waals surface area contributed by atoms with Crippen LogP contribution in [0.1, 0.15) is 23.7 Å². The third-order valence-electron chi connectivity index (χ3n) is 5.57. The summed E-state index contributed by atoms with van der Waals surface area (Å²) in [6.07, 6.45) is 2.36. The van der Waals surface area contributed by atoms with Gasteiger partial charge >= 0.3 is 0 Å². The first kappa shape index (κ1) is 18.1. The van der Waals surface area contributed by atoms with E-state index >= 15 is 0 Å². The lowest BCUT2D eigenvalue weighted by atomic mass is 10.0. The van der Waals surface area contributed by atoms with Gasteiger partial charge in [-0.05, 0) is 31.9 Å². The van der Waals surface area contributed by atoms with E-state index in [1.54, 1.807) is 6.20 Å². The molecular formula is C21H21N5O2S. The summed E-state index contributed by atoms with van der Waals surface area (Å²) in [7, 11) is -3.01. The number of H-pyrrole nitrogens is 1. The zero-order chi connectivity index (χ0) is 20.2. The van der Waals surface area contributed by atoms with Crippen molar-refractivity contribution in [2.75, 3.05) is 11.5 Å². The standard InChI is InChI=1S/C21H21N5O2S/c1-13-10-18(17-11-22-24-20(17)15-6-4-3-5-7-15)23-21-19(13)14(2)25-26(21)16-8-9-29(27,28)12-16/h3-7,10-11,16H,8-9,12H2,1-2H3,(H,22,24). The highest BCUT2D eigenvalue weighted by atomic mass is 32.2. The summed E-state index contributed by atoms with van der Waals surface area (Å²) in [6.45, 7) is 3.99. The van der Waals surface area contributed by atoms with Crippen LogP contribution in [0.3, 0.4) is 0 Å². The molecular weight excluding hydrogens is 386 g/mol. The lowest BCUT2D eigenvalue weighted by Gasteiger charge is -2.11. The minimum Gasteiger partial charge on any atom is -0.277 e. The van der Waals surface area contributed by atoms with Gasteiger partial charge in [-0.3, -0.25) is 5.10 Å². The van der Waals surface area contributed by atoms with E-state index in [2.05, 4.69) is 15.3 Å². The summed E-state index contributed by atoms with van der Waals surface area (Å²) in [5.41, 5.74) is 6.32. The molecule has 1 aliphatic heterocycles. The Morgan fingerprint density at radius 1 is 1.17 bits per heavy atom. The fourth-order valence-electron chi connectivity index (χ4n) is 4.19. The fraction of sp³-hybridized carbons (Fsp3) is 0.286. The van der Waals surface area contributed by atoms with Crippen LogP contribution in [-0.4, -0.2) is 44.9 Å². The van der Waals surface area contributed by atoms with Crippen molar-refractivity contribution in [3.05, 3.63) is 53.9 Å². The number of nitrogens with zero attached hydrogens (tertiary/aromatic N) is 4. The van der Waals surface area contributed by atoms with Crippen molar-refractivity contribution in [2.24, 2.45) is 0 Å². The zero-order valence-corrected chi connectivity index (χ0v) is 17.1. The van der Waals surface area contributed by atoms with Crippen LogP contribution in [0.4, 0.5) is 0 Å². The number of aromatic nitrogens is 5. The molecule has 0 spiro atoms. The van der Waals surface area contributed by atoms with Gasteiger partial charge in [0.25, 0.3) is 0 Å². The molecule has 0 amide bonds. The molecule has 0 aliphatic carbocycles. The maximum Gasteiger partial charge on any atom is 0.159 e. The molecule has 1 N–H and O–H groups in total. The molecule has 0 saturated carbocycles. The normalized spacial score (nSPS) is 18.5. The molecule has 7 nitrogen and oxygen atoms in total. The van der Waals surface area contributed by atoms with Crippen LogP contribution in [0.25, 0.3) is 33.5 Å². The van der Waals surface area contributed by atoms with Gasteiger partial charge in [-0.1, -0.05) is 30.3 Å². The van der Waals surface area contributed by atoms with Crippen molar-refractivity contribution in [1.82, 2.24) is 25.0 Å². The molecule has 4 aromatic rings. The van der Waals surface area contributed by atoms with Gasteiger partial charge < -0.3 is 0 Å². The Morgan fingerprint density at radius 2 is 1.97 bits per heavy atom. The maximum atomic E-state index is 12.0. The van der Waals surface area contributed by atoms with Crippen molar-refractivity contribution in [3.8, 4) is 22.5 Å². The smallest absolute Gasteiger partial charge is 0.159 e. The molecule has 1 aromatic carbocycles. The molecule has 148 valence electrons. The van der Waals surface area contributed by atoms with Gasteiger partial charge in [0, 0.05) is 16.5 Å². The number of hydrogen-bond acceptors (Lipinski definition) is 5. The second-order valence-electron chi connectivity index (χ2n) is 7.63. The predicted molar refractivity (Wildman–Crippen MR) is 112 cm³/mol. The van der Waals surface area contributed by atoms with Crippen molar-refractivity contribution < 1.29 is 8.42 Å². The summed E-state index contributed by atoms with van der Waals surface area (Å²) in [4.78, 5) is 4.92. The Balaban J connectivity index is 1.68. The lowest BCUT2D eigenvalue weighted by Crippen LogP contribution is -2.13. The second kappa shape index (κ2) is 6.52. The SMILES string of the molecule is Cc1cc(-c2cn[nH]c2-c2ccccc2)nc2c1c(C)nn2C1CCS(=O)(=O)C1. The molecule has 29 heavy (non-hydrogen) atoms. The topological polar surface area (TPSA) is 93.5 Å². The van der Waals surface area contributed by atoms with Crippen LogP contribution < -0.4 is 0 Å². The zero-order valence-electron chi connectivity index (χ0n) is 16.3. The Bertz CT molecular complexity index is 1320. The van der Waals surface area contributed by atoms with Gasteiger partial charge in [0.05, 0.1) is 40.8 Å². The van der Waals surface area contributed by atoms with E-state index in [4.69, 9.17) is 4.98 Å². The number of aromatic amines is 1. The summed E-state index contributed by atoms with van der Waals surface area (Å²) < 4.78 is 25.8. The van der Waals surface area contributed by atoms with Gasteiger partial charge in [0.1, 0.15) is 0 Å². The minimum absolute atomic E-state index is 0.120. The summed E-state index contributed by atoms with van der Waals surface area (Å²) in [5, 5.41) is 13.0. The van der Waals surface area contributed by atoms with E-state index in [1.165, 1.54) is 0 Å². The predicted octanol–water partition coefficient (Wildman–Crippen LogP) is 3.46. The highest BCUT2D eigenvalue weighted by Gasteiger charge is 2.32. The average Bonchev–Trinajstić information content (AvgIpc) is 3.39. The highest BCUT2D eigenvalue weighted by Crippen LogP contribution is 2.34. The number of pyridine rings is 1. The van der Waals surface area contributed by atoms with Gasteiger partial charge in [-0.15, -0.1) is 0 Å². The summed E-state index contributed by atoms with van der Waals surface area (Å²) >= 11 is 0. The number of hydrogen-bond donors (Lipinski definition) is 1. The Kier molecular flexibility index (Phi) is 4.06. The van der Waals surface area contributed by atoms with E-state index in [0.29, 0.717) is 6.42 Å². The molecule has 5 rings (SSSR count). The van der Waals surface area contributed by atoms with E-state index in [-0.39, 0.29) is 17.5 Å². The molecule has 3 aromatic heterocycles. The van der Waals surface area contributed by atoms with Gasteiger partial charge in [0.15, 0.2) is 15.5 Å². The Morgan fingerprint density at radius 3 is 2.69 bits per heavy atom. The first-order chi connectivity index (χ1) is 13.9.